The SMILES string of the molecule is C[C@@H](O)[C@H]1C(=O)N2C(C(=O)O)=C(S[C@@H]3CN[C@H](C(=O)N(C)C)C3)[C@H](C)[C@H]12.NC(=O)O. The van der Waals surface area contributed by atoms with E-state index in [2.05, 4.69) is 11.1 Å². The van der Waals surface area contributed by atoms with Crippen LogP contribution < -0.4 is 11.1 Å². The minimum absolute atomic E-state index is 0.00757. The molecule has 3 aliphatic rings. The second-order valence-corrected chi connectivity index (χ2v) is 9.12. The van der Waals surface area contributed by atoms with Crippen molar-refractivity contribution < 1.29 is 34.5 Å². The Morgan fingerprint density at radius 1 is 1.30 bits per heavy atom. The third-order valence-electron chi connectivity index (χ3n) is 5.43. The Hall–Kier alpha value is -2.31. The molecule has 0 saturated carbocycles. The zero-order chi connectivity index (χ0) is 22.9. The van der Waals surface area contributed by atoms with Crippen LogP contribution in [0.5, 0.6) is 0 Å². The predicted molar refractivity (Wildman–Crippen MR) is 108 cm³/mol. The number of fused-ring (bicyclic) bond motifs is 1. The van der Waals surface area contributed by atoms with E-state index in [4.69, 9.17) is 9.90 Å². The number of hydrogen-bond acceptors (Lipinski definition) is 7. The number of aliphatic carboxylic acids is 1. The molecule has 0 aromatic heterocycles. The first kappa shape index (κ1) is 24.0. The first-order valence-electron chi connectivity index (χ1n) is 9.46. The summed E-state index contributed by atoms with van der Waals surface area (Å²) in [4.78, 5) is 48.6. The van der Waals surface area contributed by atoms with E-state index >= 15 is 0 Å². The van der Waals surface area contributed by atoms with Crippen LogP contribution in [0, 0.1) is 11.8 Å². The van der Waals surface area contributed by atoms with Crippen molar-refractivity contribution >= 4 is 35.6 Å². The number of carboxylic acid groups (broad SMARTS) is 2. The average molecular weight is 445 g/mol. The molecule has 0 radical (unpaired) electrons. The molecule has 3 heterocycles. The van der Waals surface area contributed by atoms with Crippen LogP contribution in [0.15, 0.2) is 10.6 Å². The molecular formula is C18H28N4O7S. The highest BCUT2D eigenvalue weighted by Gasteiger charge is 2.60. The van der Waals surface area contributed by atoms with Gasteiger partial charge in [-0.3, -0.25) is 9.59 Å². The number of amides is 3. The second kappa shape index (κ2) is 9.23. The maximum Gasteiger partial charge on any atom is 0.402 e. The van der Waals surface area contributed by atoms with E-state index < -0.39 is 24.1 Å². The minimum atomic E-state index is -1.33. The summed E-state index contributed by atoms with van der Waals surface area (Å²) >= 11 is 1.45. The zero-order valence-electron chi connectivity index (χ0n) is 17.2. The van der Waals surface area contributed by atoms with Crippen LogP contribution in [0.1, 0.15) is 20.3 Å². The van der Waals surface area contributed by atoms with Gasteiger partial charge in [0.15, 0.2) is 0 Å². The fraction of sp³-hybridized carbons (Fsp3) is 0.667. The Morgan fingerprint density at radius 2 is 1.87 bits per heavy atom. The summed E-state index contributed by atoms with van der Waals surface area (Å²) in [5, 5.41) is 30.0. The number of primary amides is 1. The minimum Gasteiger partial charge on any atom is -0.477 e. The van der Waals surface area contributed by atoms with Gasteiger partial charge in [0.25, 0.3) is 0 Å². The van der Waals surface area contributed by atoms with Gasteiger partial charge in [0.2, 0.25) is 11.8 Å². The Balaban J connectivity index is 0.000000735. The normalized spacial score (nSPS) is 30.8. The van der Waals surface area contributed by atoms with Crippen LogP contribution in [-0.2, 0) is 14.4 Å². The highest BCUT2D eigenvalue weighted by molar-refractivity contribution is 8.03. The van der Waals surface area contributed by atoms with E-state index in [0.29, 0.717) is 17.9 Å². The van der Waals surface area contributed by atoms with E-state index in [0.717, 1.165) is 0 Å². The molecule has 2 saturated heterocycles. The number of nitrogens with zero attached hydrogens (tertiary/aromatic N) is 2. The van der Waals surface area contributed by atoms with Crippen LogP contribution in [0.25, 0.3) is 0 Å². The van der Waals surface area contributed by atoms with Gasteiger partial charge in [-0.25, -0.2) is 9.59 Å². The molecule has 168 valence electrons. The van der Waals surface area contributed by atoms with Crippen LogP contribution >= 0.6 is 11.8 Å². The molecule has 6 N–H and O–H groups in total. The summed E-state index contributed by atoms with van der Waals surface area (Å²) in [6.07, 6.45) is -1.52. The molecule has 0 spiro atoms. The Kier molecular flexibility index (Phi) is 7.37. The smallest absolute Gasteiger partial charge is 0.402 e. The molecular weight excluding hydrogens is 416 g/mol. The number of hydrogen-bond donors (Lipinski definition) is 5. The van der Waals surface area contributed by atoms with Crippen molar-refractivity contribution in [1.82, 2.24) is 15.1 Å². The Labute approximate surface area is 178 Å². The molecule has 30 heavy (non-hydrogen) atoms. The molecule has 3 aliphatic heterocycles. The third-order valence-corrected chi connectivity index (χ3v) is 6.95. The average Bonchev–Trinajstić information content (AvgIpc) is 3.16. The standard InChI is InChI=1S/C17H25N3O5S.CH3NO2/c1-7-12-11(8(2)21)16(23)20(12)13(17(24)25)14(7)26-9-5-10(18-6-9)15(22)19(3)4;2-1(3)4/h7-12,18,21H,5-6H2,1-4H3,(H,24,25);2H2,(H,3,4)/t7-,8-,9+,10+,11-,12-;/m1./s1. The zero-order valence-corrected chi connectivity index (χ0v) is 18.0. The largest absolute Gasteiger partial charge is 0.477 e. The van der Waals surface area contributed by atoms with Gasteiger partial charge in [0.1, 0.15) is 5.70 Å². The number of thioether (sulfide) groups is 1. The summed E-state index contributed by atoms with van der Waals surface area (Å²) in [5.74, 6) is -2.14. The quantitative estimate of drug-likeness (QED) is 0.344. The van der Waals surface area contributed by atoms with E-state index in [1.165, 1.54) is 16.7 Å². The molecule has 3 rings (SSSR count). The molecule has 12 heteroatoms. The molecule has 0 unspecified atom stereocenters. The van der Waals surface area contributed by atoms with Crippen LogP contribution in [0.4, 0.5) is 4.79 Å². The first-order valence-corrected chi connectivity index (χ1v) is 10.3. The number of carbonyl (C=O) groups is 4. The summed E-state index contributed by atoms with van der Waals surface area (Å²) in [5.41, 5.74) is 4.07. The number of nitrogens with one attached hydrogen (secondary N) is 1. The molecule has 6 atom stereocenters. The summed E-state index contributed by atoms with van der Waals surface area (Å²) < 4.78 is 0. The number of nitrogens with two attached hydrogens (primary N) is 1. The molecule has 0 aromatic carbocycles. The topological polar surface area (TPSA) is 173 Å². The van der Waals surface area contributed by atoms with E-state index in [1.54, 1.807) is 25.9 Å². The van der Waals surface area contributed by atoms with E-state index in [9.17, 15) is 24.6 Å². The fourth-order valence-electron chi connectivity index (χ4n) is 4.15. The third kappa shape index (κ3) is 4.55. The number of rotatable bonds is 5. The number of carbonyl (C=O) groups excluding carboxylic acids is 2. The number of aliphatic hydroxyl groups excluding tert-OH is 1. The van der Waals surface area contributed by atoms with Gasteiger partial charge in [-0.05, 0) is 13.3 Å². The van der Waals surface area contributed by atoms with Gasteiger partial charge >= 0.3 is 12.1 Å². The summed E-state index contributed by atoms with van der Waals surface area (Å²) in [6.45, 7) is 4.08. The highest BCUT2D eigenvalue weighted by Crippen LogP contribution is 2.51. The maximum absolute atomic E-state index is 12.3. The lowest BCUT2D eigenvalue weighted by molar-refractivity contribution is -0.163. The number of β-lactam (4-membered cyclic amide) rings is 1. The van der Waals surface area contributed by atoms with Crippen molar-refractivity contribution in [2.45, 2.75) is 43.7 Å². The van der Waals surface area contributed by atoms with Gasteiger partial charge in [0, 0.05) is 36.7 Å². The summed E-state index contributed by atoms with van der Waals surface area (Å²) in [6, 6.07) is -0.568. The van der Waals surface area contributed by atoms with Gasteiger partial charge in [-0.1, -0.05) is 6.92 Å². The fourth-order valence-corrected chi connectivity index (χ4v) is 5.63. The highest BCUT2D eigenvalue weighted by atomic mass is 32.2. The maximum atomic E-state index is 12.3. The monoisotopic (exact) mass is 444 g/mol. The van der Waals surface area contributed by atoms with Gasteiger partial charge < -0.3 is 36.2 Å². The second-order valence-electron chi connectivity index (χ2n) is 7.78. The summed E-state index contributed by atoms with van der Waals surface area (Å²) in [7, 11) is 3.42. The van der Waals surface area contributed by atoms with Crippen molar-refractivity contribution in [2.75, 3.05) is 20.6 Å². The van der Waals surface area contributed by atoms with E-state index in [1.807, 2.05) is 6.92 Å². The molecule has 0 bridgehead atoms. The number of aliphatic hydroxyl groups is 1. The number of carboxylic acids is 1. The molecule has 3 amide bonds. The van der Waals surface area contributed by atoms with Gasteiger partial charge in [-0.2, -0.15) is 0 Å². The van der Waals surface area contributed by atoms with Crippen molar-refractivity contribution in [2.24, 2.45) is 17.6 Å². The molecule has 0 aromatic rings. The van der Waals surface area contributed by atoms with Gasteiger partial charge in [0.05, 0.1) is 24.1 Å². The Morgan fingerprint density at radius 3 is 2.33 bits per heavy atom. The van der Waals surface area contributed by atoms with Crippen LogP contribution in [0.3, 0.4) is 0 Å². The lowest BCUT2D eigenvalue weighted by Crippen LogP contribution is -2.63. The Bertz CT molecular complexity index is 766. The first-order chi connectivity index (χ1) is 13.9. The molecule has 11 nitrogen and oxygen atoms in total. The van der Waals surface area contributed by atoms with Crippen molar-refractivity contribution in [3.8, 4) is 0 Å². The lowest BCUT2D eigenvalue weighted by atomic mass is 9.79. The van der Waals surface area contributed by atoms with Gasteiger partial charge in [-0.15, -0.1) is 11.8 Å². The molecule has 2 fully saturated rings. The van der Waals surface area contributed by atoms with E-state index in [-0.39, 0.29) is 40.8 Å². The lowest BCUT2D eigenvalue weighted by Gasteiger charge is -2.46. The van der Waals surface area contributed by atoms with Crippen molar-refractivity contribution in [3.05, 3.63) is 10.6 Å². The van der Waals surface area contributed by atoms with Crippen LogP contribution in [-0.4, -0.2) is 93.1 Å². The molecule has 0 aliphatic carbocycles. The van der Waals surface area contributed by atoms with Crippen molar-refractivity contribution in [1.29, 1.82) is 0 Å². The number of likely N-dealkylation sites (N-methyl/N-ethyl adjacent to an activating group) is 1. The van der Waals surface area contributed by atoms with Crippen LogP contribution in [0.2, 0.25) is 0 Å². The predicted octanol–water partition coefficient (Wildman–Crippen LogP) is -0.685. The van der Waals surface area contributed by atoms with Crippen molar-refractivity contribution in [3.63, 3.8) is 0 Å².